The number of hydrogen-bond donors (Lipinski definition) is 2. The minimum absolute atomic E-state index is 0.0849. The first-order valence-electron chi connectivity index (χ1n) is 10.9. The van der Waals surface area contributed by atoms with Crippen molar-refractivity contribution >= 4 is 35.1 Å². The molecule has 0 radical (unpaired) electrons. The number of carbonyl (C=O) groups excluding carboxylic acids is 1. The van der Waals surface area contributed by atoms with E-state index in [1.165, 1.54) is 0 Å². The monoisotopic (exact) mass is 459 g/mol. The van der Waals surface area contributed by atoms with E-state index in [4.69, 9.17) is 23.2 Å². The van der Waals surface area contributed by atoms with Gasteiger partial charge in [0, 0.05) is 16.0 Å². The molecule has 2 fully saturated rings. The van der Waals surface area contributed by atoms with Crippen molar-refractivity contribution in [2.75, 3.05) is 0 Å². The number of carboxylic acid groups (broad SMARTS) is 1. The number of aliphatic carboxylic acids is 1. The number of nitrogens with one attached hydrogen (secondary N) is 1. The van der Waals surface area contributed by atoms with E-state index < -0.39 is 11.4 Å². The number of halogens is 2. The van der Waals surface area contributed by atoms with Crippen molar-refractivity contribution in [2.45, 2.75) is 56.9 Å². The molecule has 3 atom stereocenters. The second-order valence-corrected chi connectivity index (χ2v) is 9.95. The maximum Gasteiger partial charge on any atom is 0.304 e. The molecule has 31 heavy (non-hydrogen) atoms. The van der Waals surface area contributed by atoms with Crippen LogP contribution in [0.1, 0.15) is 68.0 Å². The zero-order chi connectivity index (χ0) is 22.0. The van der Waals surface area contributed by atoms with E-state index in [0.717, 1.165) is 36.8 Å². The Morgan fingerprint density at radius 3 is 2.39 bits per heavy atom. The normalized spacial score (nSPS) is 26.6. The van der Waals surface area contributed by atoms with Gasteiger partial charge in [0.05, 0.1) is 17.9 Å². The maximum atomic E-state index is 13.5. The summed E-state index contributed by atoms with van der Waals surface area (Å²) in [6.07, 6.45) is 5.39. The summed E-state index contributed by atoms with van der Waals surface area (Å²) in [5.74, 6) is -0.765. The molecule has 2 aliphatic rings. The van der Waals surface area contributed by atoms with Crippen LogP contribution in [-0.2, 0) is 9.59 Å². The Labute approximate surface area is 192 Å². The van der Waals surface area contributed by atoms with Crippen LogP contribution in [0, 0.1) is 11.3 Å². The van der Waals surface area contributed by atoms with Gasteiger partial charge >= 0.3 is 5.97 Å². The van der Waals surface area contributed by atoms with E-state index in [9.17, 15) is 14.7 Å². The van der Waals surface area contributed by atoms with E-state index in [1.54, 1.807) is 0 Å². The Bertz CT molecular complexity index is 955. The molecule has 4 nitrogen and oxygen atoms in total. The smallest absolute Gasteiger partial charge is 0.304 e. The lowest BCUT2D eigenvalue weighted by Gasteiger charge is -2.45. The van der Waals surface area contributed by atoms with Crippen molar-refractivity contribution in [3.63, 3.8) is 0 Å². The summed E-state index contributed by atoms with van der Waals surface area (Å²) in [5.41, 5.74) is 1.04. The standard InChI is InChI=1S/C25H27Cl2NO3/c26-19-10-8-17(9-11-19)23-21(18-6-3-7-20(27)12-18)14-25(15-22(29)30,24(31)28-23)13-16-4-1-2-5-16/h3,6-12,16,21,23H,1-2,4-5,13-15H2,(H,28,31)(H,29,30)/t21-,23-,25+/m1/s1. The van der Waals surface area contributed by atoms with Gasteiger partial charge in [0.25, 0.3) is 0 Å². The van der Waals surface area contributed by atoms with E-state index in [2.05, 4.69) is 5.32 Å². The van der Waals surface area contributed by atoms with Crippen molar-refractivity contribution in [3.05, 3.63) is 69.7 Å². The van der Waals surface area contributed by atoms with Crippen LogP contribution in [0.25, 0.3) is 0 Å². The van der Waals surface area contributed by atoms with Gasteiger partial charge in [-0.25, -0.2) is 0 Å². The third-order valence-electron chi connectivity index (χ3n) is 6.93. The highest BCUT2D eigenvalue weighted by atomic mass is 35.5. The summed E-state index contributed by atoms with van der Waals surface area (Å²) in [4.78, 5) is 25.4. The molecule has 1 aliphatic carbocycles. The van der Waals surface area contributed by atoms with Crippen LogP contribution in [0.15, 0.2) is 48.5 Å². The molecule has 2 aromatic rings. The fourth-order valence-electron chi connectivity index (χ4n) is 5.52. The number of hydrogen-bond acceptors (Lipinski definition) is 2. The number of amides is 1. The lowest BCUT2D eigenvalue weighted by atomic mass is 9.64. The molecule has 0 bridgehead atoms. The molecular weight excluding hydrogens is 433 g/mol. The van der Waals surface area contributed by atoms with Crippen LogP contribution in [0.2, 0.25) is 10.0 Å². The molecule has 4 rings (SSSR count). The Morgan fingerprint density at radius 2 is 1.74 bits per heavy atom. The molecule has 6 heteroatoms. The summed E-state index contributed by atoms with van der Waals surface area (Å²) in [5, 5.41) is 14.2. The molecule has 1 heterocycles. The summed E-state index contributed by atoms with van der Waals surface area (Å²) in [6.45, 7) is 0. The van der Waals surface area contributed by atoms with Crippen molar-refractivity contribution < 1.29 is 14.7 Å². The molecule has 1 saturated carbocycles. The average Bonchev–Trinajstić information content (AvgIpc) is 3.23. The average molecular weight is 460 g/mol. The third-order valence-corrected chi connectivity index (χ3v) is 7.42. The van der Waals surface area contributed by atoms with Crippen molar-refractivity contribution in [2.24, 2.45) is 11.3 Å². The zero-order valence-corrected chi connectivity index (χ0v) is 18.8. The first-order chi connectivity index (χ1) is 14.9. The molecule has 1 aliphatic heterocycles. The van der Waals surface area contributed by atoms with Gasteiger partial charge in [-0.15, -0.1) is 0 Å². The molecule has 2 aromatic carbocycles. The van der Waals surface area contributed by atoms with Gasteiger partial charge in [0.2, 0.25) is 5.91 Å². The first kappa shape index (κ1) is 22.2. The van der Waals surface area contributed by atoms with Gasteiger partial charge < -0.3 is 10.4 Å². The number of rotatable bonds is 6. The summed E-state index contributed by atoms with van der Waals surface area (Å²) in [6, 6.07) is 14.9. The number of carbonyl (C=O) groups is 2. The zero-order valence-electron chi connectivity index (χ0n) is 17.3. The van der Waals surface area contributed by atoms with Crippen molar-refractivity contribution in [1.29, 1.82) is 0 Å². The summed E-state index contributed by atoms with van der Waals surface area (Å²) < 4.78 is 0. The fraction of sp³-hybridized carbons (Fsp3) is 0.440. The predicted octanol–water partition coefficient (Wildman–Crippen LogP) is 6.38. The van der Waals surface area contributed by atoms with E-state index in [1.807, 2.05) is 48.5 Å². The SMILES string of the molecule is O=C(O)C[C@]1(CC2CCCC2)C[C@H](c2cccc(Cl)c2)[C@@H](c2ccc(Cl)cc2)NC1=O. The second-order valence-electron chi connectivity index (χ2n) is 9.07. The van der Waals surface area contributed by atoms with Crippen molar-refractivity contribution in [1.82, 2.24) is 5.32 Å². The number of benzene rings is 2. The van der Waals surface area contributed by atoms with Gasteiger partial charge in [-0.2, -0.15) is 0 Å². The Kier molecular flexibility index (Phi) is 6.59. The van der Waals surface area contributed by atoms with E-state index in [0.29, 0.717) is 28.8 Å². The molecule has 1 saturated heterocycles. The summed E-state index contributed by atoms with van der Waals surface area (Å²) in [7, 11) is 0. The van der Waals surface area contributed by atoms with Crippen LogP contribution in [-0.4, -0.2) is 17.0 Å². The topological polar surface area (TPSA) is 66.4 Å². The van der Waals surface area contributed by atoms with Crippen LogP contribution in [0.3, 0.4) is 0 Å². The van der Waals surface area contributed by atoms with Gasteiger partial charge in [0.15, 0.2) is 0 Å². The molecule has 1 amide bonds. The van der Waals surface area contributed by atoms with Crippen LogP contribution in [0.5, 0.6) is 0 Å². The molecule has 164 valence electrons. The minimum Gasteiger partial charge on any atom is -0.481 e. The van der Waals surface area contributed by atoms with Crippen molar-refractivity contribution in [3.8, 4) is 0 Å². The first-order valence-corrected chi connectivity index (χ1v) is 11.7. The second kappa shape index (κ2) is 9.22. The molecular formula is C25H27Cl2NO3. The molecule has 0 aromatic heterocycles. The summed E-state index contributed by atoms with van der Waals surface area (Å²) >= 11 is 12.4. The lowest BCUT2D eigenvalue weighted by molar-refractivity contribution is -0.149. The largest absolute Gasteiger partial charge is 0.481 e. The highest BCUT2D eigenvalue weighted by Gasteiger charge is 2.50. The lowest BCUT2D eigenvalue weighted by Crippen LogP contribution is -2.52. The number of piperidine rings is 1. The number of carboxylic acids is 1. The molecule has 0 unspecified atom stereocenters. The Balaban J connectivity index is 1.75. The molecule has 0 spiro atoms. The minimum atomic E-state index is -0.928. The van der Waals surface area contributed by atoms with Crippen LogP contribution < -0.4 is 5.32 Å². The van der Waals surface area contributed by atoms with E-state index >= 15 is 0 Å². The van der Waals surface area contributed by atoms with Crippen LogP contribution in [0.4, 0.5) is 0 Å². The predicted molar refractivity (Wildman–Crippen MR) is 122 cm³/mol. The Hall–Kier alpha value is -2.04. The quantitative estimate of drug-likeness (QED) is 0.526. The van der Waals surface area contributed by atoms with Crippen LogP contribution >= 0.6 is 23.2 Å². The maximum absolute atomic E-state index is 13.5. The molecule has 2 N–H and O–H groups in total. The van der Waals surface area contributed by atoms with Gasteiger partial charge in [-0.1, -0.05) is 73.2 Å². The van der Waals surface area contributed by atoms with E-state index in [-0.39, 0.29) is 24.3 Å². The van der Waals surface area contributed by atoms with Gasteiger partial charge in [-0.3, -0.25) is 9.59 Å². The highest BCUT2D eigenvalue weighted by molar-refractivity contribution is 6.30. The third kappa shape index (κ3) is 4.91. The Morgan fingerprint density at radius 1 is 1.03 bits per heavy atom. The highest BCUT2D eigenvalue weighted by Crippen LogP contribution is 2.51. The fourth-order valence-corrected chi connectivity index (χ4v) is 5.84. The van der Waals surface area contributed by atoms with Gasteiger partial charge in [0.1, 0.15) is 0 Å². The van der Waals surface area contributed by atoms with Gasteiger partial charge in [-0.05, 0) is 54.2 Å².